The quantitative estimate of drug-likeness (QED) is 0.811. The summed E-state index contributed by atoms with van der Waals surface area (Å²) in [6, 6.07) is 8.23. The van der Waals surface area contributed by atoms with E-state index in [9.17, 15) is 0 Å². The van der Waals surface area contributed by atoms with Gasteiger partial charge in [-0.1, -0.05) is 41.1 Å². The lowest BCUT2D eigenvalue weighted by Crippen LogP contribution is -2.18. The zero-order valence-corrected chi connectivity index (χ0v) is 14.5. The Bertz CT molecular complexity index is 588. The maximum Gasteiger partial charge on any atom is 0.133 e. The van der Waals surface area contributed by atoms with Crippen molar-refractivity contribution in [2.45, 2.75) is 33.6 Å². The highest BCUT2D eigenvalue weighted by atomic mass is 79.9. The smallest absolute Gasteiger partial charge is 0.133 e. The normalized spacial score (nSPS) is 10.9. The van der Waals surface area contributed by atoms with Crippen LogP contribution >= 0.6 is 15.9 Å². The number of aromatic nitrogens is 2. The minimum absolute atomic E-state index is 0.761. The molecule has 1 heterocycles. The Labute approximate surface area is 135 Å². The predicted molar refractivity (Wildman–Crippen MR) is 90.7 cm³/mol. The molecule has 3 nitrogen and oxygen atoms in total. The van der Waals surface area contributed by atoms with Crippen molar-refractivity contribution in [1.82, 2.24) is 15.3 Å². The number of hydrogen-bond donors (Lipinski definition) is 1. The topological polar surface area (TPSA) is 37.8 Å². The summed E-state index contributed by atoms with van der Waals surface area (Å²) in [4.78, 5) is 9.38. The number of nitrogens with zero attached hydrogens (tertiary/aromatic N) is 2. The third kappa shape index (κ3) is 4.35. The van der Waals surface area contributed by atoms with Crippen LogP contribution in [0.1, 0.15) is 35.3 Å². The number of benzene rings is 1. The van der Waals surface area contributed by atoms with Crippen LogP contribution in [0.5, 0.6) is 0 Å². The molecule has 0 atom stereocenters. The molecule has 0 bridgehead atoms. The second-order valence-corrected chi connectivity index (χ2v) is 6.02. The molecule has 2 rings (SSSR count). The molecule has 0 spiro atoms. The molecular formula is C17H22BrN3. The number of likely N-dealkylation sites (N-methyl/N-ethyl adjacent to an activating group) is 1. The fraction of sp³-hybridized carbons (Fsp3) is 0.412. The highest BCUT2D eigenvalue weighted by Gasteiger charge is 2.10. The highest BCUT2D eigenvalue weighted by molar-refractivity contribution is 9.10. The van der Waals surface area contributed by atoms with Crippen molar-refractivity contribution < 1.29 is 0 Å². The number of halogens is 1. The summed E-state index contributed by atoms with van der Waals surface area (Å²) in [6.45, 7) is 8.26. The fourth-order valence-electron chi connectivity index (χ4n) is 2.45. The van der Waals surface area contributed by atoms with Gasteiger partial charge in [0.15, 0.2) is 0 Å². The lowest BCUT2D eigenvalue weighted by molar-refractivity contribution is 0.705. The van der Waals surface area contributed by atoms with E-state index < -0.39 is 0 Å². The van der Waals surface area contributed by atoms with Crippen LogP contribution in [0.2, 0.25) is 0 Å². The second-order valence-electron chi connectivity index (χ2n) is 5.16. The molecule has 0 fully saturated rings. The molecule has 0 aliphatic heterocycles. The summed E-state index contributed by atoms with van der Waals surface area (Å²) >= 11 is 3.58. The van der Waals surface area contributed by atoms with Gasteiger partial charge in [-0.15, -0.1) is 0 Å². The minimum Gasteiger partial charge on any atom is -0.317 e. The van der Waals surface area contributed by atoms with E-state index in [0.29, 0.717) is 0 Å². The van der Waals surface area contributed by atoms with Crippen LogP contribution < -0.4 is 5.32 Å². The van der Waals surface area contributed by atoms with Crippen molar-refractivity contribution >= 4 is 15.9 Å². The highest BCUT2D eigenvalue weighted by Crippen LogP contribution is 2.19. The van der Waals surface area contributed by atoms with Gasteiger partial charge in [0.05, 0.1) is 0 Å². The van der Waals surface area contributed by atoms with Crippen molar-refractivity contribution in [2.24, 2.45) is 0 Å². The van der Waals surface area contributed by atoms with E-state index >= 15 is 0 Å². The Morgan fingerprint density at radius 2 is 1.76 bits per heavy atom. The Balaban J connectivity index is 2.17. The fourth-order valence-corrected chi connectivity index (χ4v) is 2.88. The predicted octanol–water partition coefficient (Wildman–Crippen LogP) is 3.60. The molecule has 21 heavy (non-hydrogen) atoms. The van der Waals surface area contributed by atoms with Gasteiger partial charge >= 0.3 is 0 Å². The average Bonchev–Trinajstić information content (AvgIpc) is 2.44. The average molecular weight is 348 g/mol. The maximum absolute atomic E-state index is 4.69. The summed E-state index contributed by atoms with van der Waals surface area (Å²) in [5, 5.41) is 3.35. The van der Waals surface area contributed by atoms with E-state index in [-0.39, 0.29) is 0 Å². The summed E-state index contributed by atoms with van der Waals surface area (Å²) in [5.41, 5.74) is 4.69. The summed E-state index contributed by atoms with van der Waals surface area (Å²) < 4.78 is 1.11. The molecule has 0 aliphatic rings. The first-order valence-corrected chi connectivity index (χ1v) is 8.18. The number of hydrogen-bond acceptors (Lipinski definition) is 3. The Kier molecular flexibility index (Phi) is 5.88. The van der Waals surface area contributed by atoms with Crippen LogP contribution in [-0.4, -0.2) is 23.1 Å². The van der Waals surface area contributed by atoms with Crippen molar-refractivity contribution in [3.8, 4) is 0 Å². The molecule has 0 radical (unpaired) electrons. The minimum atomic E-state index is 0.761. The SMILES string of the molecule is CCNCCc1c(C)nc(Cc2ccccc2Br)nc1C. The molecule has 0 unspecified atom stereocenters. The molecule has 1 aromatic heterocycles. The first-order chi connectivity index (χ1) is 10.1. The number of rotatable bonds is 6. The van der Waals surface area contributed by atoms with Gasteiger partial charge < -0.3 is 5.32 Å². The number of aryl methyl sites for hydroxylation is 2. The van der Waals surface area contributed by atoms with Crippen molar-refractivity contribution in [3.63, 3.8) is 0 Å². The lowest BCUT2D eigenvalue weighted by Gasteiger charge is -2.11. The van der Waals surface area contributed by atoms with Gasteiger partial charge in [0.1, 0.15) is 5.82 Å². The van der Waals surface area contributed by atoms with E-state index in [2.05, 4.69) is 64.1 Å². The summed E-state index contributed by atoms with van der Waals surface area (Å²) in [5.74, 6) is 0.893. The second kappa shape index (κ2) is 7.66. The van der Waals surface area contributed by atoms with Gasteiger partial charge in [-0.05, 0) is 50.6 Å². The molecule has 0 saturated carbocycles. The molecule has 0 saturated heterocycles. The maximum atomic E-state index is 4.69. The molecule has 0 aliphatic carbocycles. The molecule has 1 aromatic carbocycles. The van der Waals surface area contributed by atoms with E-state index in [1.54, 1.807) is 0 Å². The zero-order valence-electron chi connectivity index (χ0n) is 12.9. The van der Waals surface area contributed by atoms with Crippen LogP contribution in [0.4, 0.5) is 0 Å². The van der Waals surface area contributed by atoms with Crippen LogP contribution in [0.3, 0.4) is 0 Å². The van der Waals surface area contributed by atoms with Gasteiger partial charge in [-0.2, -0.15) is 0 Å². The molecule has 1 N–H and O–H groups in total. The monoisotopic (exact) mass is 347 g/mol. The Morgan fingerprint density at radius 1 is 1.10 bits per heavy atom. The molecule has 2 aromatic rings. The summed E-state index contributed by atoms with van der Waals surface area (Å²) in [6.07, 6.45) is 1.75. The third-order valence-corrected chi connectivity index (χ3v) is 4.35. The van der Waals surface area contributed by atoms with E-state index in [4.69, 9.17) is 0 Å². The van der Waals surface area contributed by atoms with Crippen molar-refractivity contribution in [3.05, 3.63) is 57.1 Å². The molecule has 4 heteroatoms. The standard InChI is InChI=1S/C17H22BrN3/c1-4-19-10-9-15-12(2)20-17(21-13(15)3)11-14-7-5-6-8-16(14)18/h5-8,19H,4,9-11H2,1-3H3. The first kappa shape index (κ1) is 16.1. The van der Waals surface area contributed by atoms with E-state index in [0.717, 1.165) is 47.6 Å². The van der Waals surface area contributed by atoms with Gasteiger partial charge in [0.2, 0.25) is 0 Å². The van der Waals surface area contributed by atoms with Crippen molar-refractivity contribution in [1.29, 1.82) is 0 Å². The number of nitrogens with one attached hydrogen (secondary N) is 1. The van der Waals surface area contributed by atoms with Crippen LogP contribution in [0, 0.1) is 13.8 Å². The van der Waals surface area contributed by atoms with Crippen molar-refractivity contribution in [2.75, 3.05) is 13.1 Å². The van der Waals surface area contributed by atoms with Gasteiger partial charge in [-0.25, -0.2) is 9.97 Å². The zero-order chi connectivity index (χ0) is 15.2. The Morgan fingerprint density at radius 3 is 2.38 bits per heavy atom. The Hall–Kier alpha value is -1.26. The van der Waals surface area contributed by atoms with E-state index in [1.807, 2.05) is 12.1 Å². The van der Waals surface area contributed by atoms with Gasteiger partial charge in [-0.3, -0.25) is 0 Å². The molecular weight excluding hydrogens is 326 g/mol. The van der Waals surface area contributed by atoms with E-state index in [1.165, 1.54) is 11.1 Å². The van der Waals surface area contributed by atoms with Gasteiger partial charge in [0, 0.05) is 22.3 Å². The third-order valence-electron chi connectivity index (χ3n) is 3.58. The summed E-state index contributed by atoms with van der Waals surface area (Å²) in [7, 11) is 0. The van der Waals surface area contributed by atoms with Gasteiger partial charge in [0.25, 0.3) is 0 Å². The largest absolute Gasteiger partial charge is 0.317 e. The first-order valence-electron chi connectivity index (χ1n) is 7.39. The molecule has 0 amide bonds. The van der Waals surface area contributed by atoms with Crippen LogP contribution in [0.25, 0.3) is 0 Å². The molecule has 112 valence electrons. The lowest BCUT2D eigenvalue weighted by atomic mass is 10.1. The van der Waals surface area contributed by atoms with Crippen LogP contribution in [-0.2, 0) is 12.8 Å². The van der Waals surface area contributed by atoms with Crippen LogP contribution in [0.15, 0.2) is 28.7 Å².